The van der Waals surface area contributed by atoms with Crippen molar-refractivity contribution in [3.05, 3.63) is 32.9 Å². The van der Waals surface area contributed by atoms with Gasteiger partial charge in [-0.15, -0.1) is 11.3 Å². The zero-order valence-corrected chi connectivity index (χ0v) is 15.0. The molecule has 0 bridgehead atoms. The van der Waals surface area contributed by atoms with Crippen LogP contribution < -0.4 is 20.5 Å². The molecule has 8 heteroatoms. The van der Waals surface area contributed by atoms with Gasteiger partial charge in [0.05, 0.1) is 26.3 Å². The highest BCUT2D eigenvalue weighted by atomic mass is 79.9. The molecule has 2 heterocycles. The molecule has 0 aliphatic carbocycles. The molecule has 0 aliphatic rings. The molecule has 1 aromatic carbocycles. The van der Waals surface area contributed by atoms with Crippen molar-refractivity contribution < 1.29 is 9.47 Å². The molecule has 0 aliphatic heterocycles. The van der Waals surface area contributed by atoms with Gasteiger partial charge in [0.25, 0.3) is 0 Å². The summed E-state index contributed by atoms with van der Waals surface area (Å²) in [5.74, 6) is 2.07. The minimum atomic E-state index is 0.394. The van der Waals surface area contributed by atoms with Crippen LogP contribution in [0.25, 0.3) is 10.9 Å². The van der Waals surface area contributed by atoms with E-state index < -0.39 is 0 Å². The number of thiophene rings is 1. The fraction of sp³-hybridized carbons (Fsp3) is 0.200. The van der Waals surface area contributed by atoms with Gasteiger partial charge in [0.2, 0.25) is 5.95 Å². The molecule has 23 heavy (non-hydrogen) atoms. The van der Waals surface area contributed by atoms with Crippen LogP contribution in [0.1, 0.15) is 4.88 Å². The second kappa shape index (κ2) is 6.59. The van der Waals surface area contributed by atoms with E-state index in [0.717, 1.165) is 9.86 Å². The summed E-state index contributed by atoms with van der Waals surface area (Å²) in [5.41, 5.74) is 6.75. The molecule has 2 aromatic heterocycles. The summed E-state index contributed by atoms with van der Waals surface area (Å²) in [4.78, 5) is 9.98. The molecule has 0 saturated heterocycles. The van der Waals surface area contributed by atoms with Gasteiger partial charge in [0.1, 0.15) is 5.82 Å². The lowest BCUT2D eigenvalue weighted by atomic mass is 10.2. The number of benzene rings is 1. The largest absolute Gasteiger partial charge is 0.493 e. The Hall–Kier alpha value is -2.06. The Labute approximate surface area is 145 Å². The normalized spacial score (nSPS) is 10.7. The van der Waals surface area contributed by atoms with Gasteiger partial charge in [-0.3, -0.25) is 0 Å². The summed E-state index contributed by atoms with van der Waals surface area (Å²) in [6, 6.07) is 5.62. The molecular weight excluding hydrogens is 380 g/mol. The van der Waals surface area contributed by atoms with Gasteiger partial charge in [0.15, 0.2) is 11.5 Å². The van der Waals surface area contributed by atoms with Crippen molar-refractivity contribution in [3.8, 4) is 11.5 Å². The van der Waals surface area contributed by atoms with E-state index in [0.29, 0.717) is 35.3 Å². The highest BCUT2D eigenvalue weighted by Crippen LogP contribution is 2.33. The molecule has 0 saturated carbocycles. The number of ether oxygens (including phenoxy) is 2. The fourth-order valence-corrected chi connectivity index (χ4v) is 3.56. The molecule has 0 radical (unpaired) electrons. The fourth-order valence-electron chi connectivity index (χ4n) is 2.17. The summed E-state index contributed by atoms with van der Waals surface area (Å²) >= 11 is 5.09. The molecule has 3 N–H and O–H groups in total. The molecular formula is C15H15BrN4O2S. The maximum Gasteiger partial charge on any atom is 0.225 e. The minimum absolute atomic E-state index is 0.394. The van der Waals surface area contributed by atoms with Gasteiger partial charge in [-0.05, 0) is 28.1 Å². The number of nitrogens with one attached hydrogen (secondary N) is 1. The van der Waals surface area contributed by atoms with Crippen LogP contribution in [0.3, 0.4) is 0 Å². The van der Waals surface area contributed by atoms with Crippen LogP contribution in [0.5, 0.6) is 11.5 Å². The van der Waals surface area contributed by atoms with Gasteiger partial charge < -0.3 is 20.5 Å². The second-order valence-electron chi connectivity index (χ2n) is 4.74. The molecule has 0 amide bonds. The van der Waals surface area contributed by atoms with Crippen molar-refractivity contribution >= 4 is 49.9 Å². The third kappa shape index (κ3) is 3.32. The van der Waals surface area contributed by atoms with Crippen LogP contribution in [-0.2, 0) is 6.54 Å². The third-order valence-corrected chi connectivity index (χ3v) is 4.97. The number of nitrogens with zero attached hydrogens (tertiary/aromatic N) is 2. The van der Waals surface area contributed by atoms with Gasteiger partial charge >= 0.3 is 0 Å². The Balaban J connectivity index is 1.93. The van der Waals surface area contributed by atoms with Crippen LogP contribution >= 0.6 is 27.3 Å². The Morgan fingerprint density at radius 2 is 1.91 bits per heavy atom. The number of nitrogen functional groups attached to an aromatic ring is 1. The van der Waals surface area contributed by atoms with Gasteiger partial charge in [0, 0.05) is 26.2 Å². The van der Waals surface area contributed by atoms with E-state index in [4.69, 9.17) is 15.2 Å². The van der Waals surface area contributed by atoms with E-state index in [-0.39, 0.29) is 0 Å². The quantitative estimate of drug-likeness (QED) is 0.686. The maximum absolute atomic E-state index is 6.05. The van der Waals surface area contributed by atoms with Crippen molar-refractivity contribution in [2.75, 3.05) is 25.3 Å². The van der Waals surface area contributed by atoms with Crippen molar-refractivity contribution in [1.82, 2.24) is 9.97 Å². The predicted octanol–water partition coefficient (Wildman–Crippen LogP) is 3.67. The third-order valence-electron chi connectivity index (χ3n) is 3.27. The zero-order chi connectivity index (χ0) is 16.4. The van der Waals surface area contributed by atoms with Crippen molar-refractivity contribution in [2.45, 2.75) is 6.54 Å². The van der Waals surface area contributed by atoms with Crippen molar-refractivity contribution in [3.63, 3.8) is 0 Å². The Morgan fingerprint density at radius 1 is 1.17 bits per heavy atom. The lowest BCUT2D eigenvalue weighted by molar-refractivity contribution is 0.356. The number of rotatable bonds is 5. The molecule has 0 fully saturated rings. The summed E-state index contributed by atoms with van der Waals surface area (Å²) < 4.78 is 11.7. The van der Waals surface area contributed by atoms with E-state index in [1.54, 1.807) is 37.7 Å². The van der Waals surface area contributed by atoms with Crippen LogP contribution in [-0.4, -0.2) is 24.2 Å². The molecule has 3 aromatic rings. The van der Waals surface area contributed by atoms with Crippen molar-refractivity contribution in [1.29, 1.82) is 0 Å². The second-order valence-corrected chi connectivity index (χ2v) is 6.65. The topological polar surface area (TPSA) is 82.3 Å². The SMILES string of the molecule is COc1cc2nc(NCc3cc(Br)cs3)nc(N)c2cc1OC. The number of halogens is 1. The number of aromatic nitrogens is 2. The van der Waals surface area contributed by atoms with Crippen LogP contribution in [0.4, 0.5) is 11.8 Å². The predicted molar refractivity (Wildman–Crippen MR) is 96.4 cm³/mol. The first-order valence-corrected chi connectivity index (χ1v) is 8.44. The monoisotopic (exact) mass is 394 g/mol. The smallest absolute Gasteiger partial charge is 0.225 e. The van der Waals surface area contributed by atoms with Crippen LogP contribution in [0, 0.1) is 0 Å². The van der Waals surface area contributed by atoms with Gasteiger partial charge in [-0.25, -0.2) is 4.98 Å². The molecule has 0 spiro atoms. The number of methoxy groups -OCH3 is 2. The Kier molecular flexibility index (Phi) is 4.53. The number of hydrogen-bond donors (Lipinski definition) is 2. The van der Waals surface area contributed by atoms with E-state index in [9.17, 15) is 0 Å². The number of hydrogen-bond acceptors (Lipinski definition) is 7. The lowest BCUT2D eigenvalue weighted by Gasteiger charge is -2.11. The zero-order valence-electron chi connectivity index (χ0n) is 12.6. The highest BCUT2D eigenvalue weighted by molar-refractivity contribution is 9.10. The summed E-state index contributed by atoms with van der Waals surface area (Å²) in [6.07, 6.45) is 0. The molecule has 120 valence electrons. The van der Waals surface area contributed by atoms with Crippen LogP contribution in [0.2, 0.25) is 0 Å². The minimum Gasteiger partial charge on any atom is -0.493 e. The van der Waals surface area contributed by atoms with E-state index in [1.165, 1.54) is 4.88 Å². The molecule has 0 atom stereocenters. The molecule has 6 nitrogen and oxygen atoms in total. The summed E-state index contributed by atoms with van der Waals surface area (Å²) in [6.45, 7) is 0.633. The number of fused-ring (bicyclic) bond motifs is 1. The van der Waals surface area contributed by atoms with E-state index in [2.05, 4.69) is 37.3 Å². The summed E-state index contributed by atoms with van der Waals surface area (Å²) in [7, 11) is 3.16. The Bertz CT molecular complexity index is 853. The Morgan fingerprint density at radius 3 is 2.57 bits per heavy atom. The first-order valence-electron chi connectivity index (χ1n) is 6.76. The van der Waals surface area contributed by atoms with E-state index in [1.807, 2.05) is 5.38 Å². The standard InChI is InChI=1S/C15H15BrN4O2S/c1-21-12-4-10-11(5-13(12)22-2)19-15(20-14(10)17)18-6-9-3-8(16)7-23-9/h3-5,7H,6H2,1-2H3,(H3,17,18,19,20). The van der Waals surface area contributed by atoms with Crippen molar-refractivity contribution in [2.24, 2.45) is 0 Å². The number of nitrogens with two attached hydrogens (primary N) is 1. The van der Waals surface area contributed by atoms with Gasteiger partial charge in [-0.1, -0.05) is 0 Å². The first-order chi connectivity index (χ1) is 11.1. The molecule has 0 unspecified atom stereocenters. The average molecular weight is 395 g/mol. The van der Waals surface area contributed by atoms with Crippen LogP contribution in [0.15, 0.2) is 28.1 Å². The average Bonchev–Trinajstić information content (AvgIpc) is 2.97. The maximum atomic E-state index is 6.05. The lowest BCUT2D eigenvalue weighted by Crippen LogP contribution is -2.05. The van der Waals surface area contributed by atoms with Gasteiger partial charge in [-0.2, -0.15) is 4.98 Å². The first kappa shape index (κ1) is 15.8. The number of anilines is 2. The van der Waals surface area contributed by atoms with E-state index >= 15 is 0 Å². The highest BCUT2D eigenvalue weighted by Gasteiger charge is 2.11. The molecule has 3 rings (SSSR count). The summed E-state index contributed by atoms with van der Waals surface area (Å²) in [5, 5.41) is 5.95.